The second-order valence-corrected chi connectivity index (χ2v) is 9.08. The monoisotopic (exact) mass is 413 g/mol. The standard InChI is InChI=1S/C20H23N5O3S/c1-15-18(19-21-9-6-12-25(19)23-15)20(26)22-14-16-7-5-8-17(13-16)29(27,28)24-10-3-2-4-11-24/h5-9,12-13H,2-4,10-11,14H2,1H3,(H,22,26). The first kappa shape index (κ1) is 19.5. The third-order valence-electron chi connectivity index (χ3n) is 5.10. The molecule has 3 aromatic rings. The maximum atomic E-state index is 12.9. The Labute approximate surface area is 169 Å². The van der Waals surface area contributed by atoms with E-state index >= 15 is 0 Å². The lowest BCUT2D eigenvalue weighted by Gasteiger charge is -2.26. The van der Waals surface area contributed by atoms with Gasteiger partial charge in [0.15, 0.2) is 5.65 Å². The van der Waals surface area contributed by atoms with E-state index in [1.807, 2.05) is 0 Å². The van der Waals surface area contributed by atoms with Crippen LogP contribution < -0.4 is 5.32 Å². The van der Waals surface area contributed by atoms with Gasteiger partial charge >= 0.3 is 0 Å². The molecule has 1 aliphatic heterocycles. The van der Waals surface area contributed by atoms with Crippen LogP contribution in [0.15, 0.2) is 47.6 Å². The van der Waals surface area contributed by atoms with Gasteiger partial charge in [0.25, 0.3) is 5.91 Å². The van der Waals surface area contributed by atoms with Gasteiger partial charge in [0, 0.05) is 32.0 Å². The molecule has 29 heavy (non-hydrogen) atoms. The van der Waals surface area contributed by atoms with Crippen LogP contribution in [0.4, 0.5) is 0 Å². The molecule has 3 heterocycles. The maximum absolute atomic E-state index is 12.9. The third kappa shape index (κ3) is 3.88. The van der Waals surface area contributed by atoms with E-state index in [0.717, 1.165) is 24.8 Å². The van der Waals surface area contributed by atoms with Crippen molar-refractivity contribution >= 4 is 21.6 Å². The van der Waals surface area contributed by atoms with E-state index in [4.69, 9.17) is 0 Å². The number of aromatic nitrogens is 3. The quantitative estimate of drug-likeness (QED) is 0.691. The number of fused-ring (bicyclic) bond motifs is 1. The molecule has 0 bridgehead atoms. The number of rotatable bonds is 5. The van der Waals surface area contributed by atoms with E-state index in [1.54, 1.807) is 58.5 Å². The highest BCUT2D eigenvalue weighted by Gasteiger charge is 2.26. The molecule has 0 unspecified atom stereocenters. The number of benzene rings is 1. The lowest BCUT2D eigenvalue weighted by Crippen LogP contribution is -2.35. The van der Waals surface area contributed by atoms with Crippen molar-refractivity contribution < 1.29 is 13.2 Å². The van der Waals surface area contributed by atoms with Crippen LogP contribution in [-0.2, 0) is 16.6 Å². The molecule has 1 aromatic carbocycles. The fourth-order valence-electron chi connectivity index (χ4n) is 3.60. The van der Waals surface area contributed by atoms with E-state index in [9.17, 15) is 13.2 Å². The number of hydrogen-bond donors (Lipinski definition) is 1. The van der Waals surface area contributed by atoms with Crippen molar-refractivity contribution in [1.29, 1.82) is 0 Å². The summed E-state index contributed by atoms with van der Waals surface area (Å²) in [4.78, 5) is 17.2. The number of nitrogens with zero attached hydrogens (tertiary/aromatic N) is 4. The maximum Gasteiger partial charge on any atom is 0.257 e. The molecular weight excluding hydrogens is 390 g/mol. The van der Waals surface area contributed by atoms with Crippen LogP contribution in [0, 0.1) is 6.92 Å². The number of carbonyl (C=O) groups is 1. The lowest BCUT2D eigenvalue weighted by atomic mass is 10.2. The number of aryl methyl sites for hydroxylation is 1. The van der Waals surface area contributed by atoms with Crippen molar-refractivity contribution in [3.05, 3.63) is 59.5 Å². The molecule has 1 saturated heterocycles. The van der Waals surface area contributed by atoms with Gasteiger partial charge in [-0.05, 0) is 43.5 Å². The third-order valence-corrected chi connectivity index (χ3v) is 7.00. The molecule has 9 heteroatoms. The zero-order valence-corrected chi connectivity index (χ0v) is 17.0. The molecule has 0 aliphatic carbocycles. The molecule has 8 nitrogen and oxygen atoms in total. The van der Waals surface area contributed by atoms with Crippen molar-refractivity contribution in [3.63, 3.8) is 0 Å². The van der Waals surface area contributed by atoms with Crippen LogP contribution in [-0.4, -0.2) is 46.3 Å². The van der Waals surface area contributed by atoms with Gasteiger partial charge < -0.3 is 5.32 Å². The highest BCUT2D eigenvalue weighted by atomic mass is 32.2. The molecule has 0 atom stereocenters. The molecule has 4 rings (SSSR count). The summed E-state index contributed by atoms with van der Waals surface area (Å²) in [5.74, 6) is -0.291. The van der Waals surface area contributed by atoms with Crippen molar-refractivity contribution in [2.75, 3.05) is 13.1 Å². The first-order valence-electron chi connectivity index (χ1n) is 9.64. The highest BCUT2D eigenvalue weighted by Crippen LogP contribution is 2.21. The van der Waals surface area contributed by atoms with Crippen molar-refractivity contribution in [2.45, 2.75) is 37.6 Å². The Hall–Kier alpha value is -2.78. The van der Waals surface area contributed by atoms with Crippen molar-refractivity contribution in [3.8, 4) is 0 Å². The molecule has 1 N–H and O–H groups in total. The Balaban J connectivity index is 1.51. The van der Waals surface area contributed by atoms with E-state index in [1.165, 1.54) is 0 Å². The summed E-state index contributed by atoms with van der Waals surface area (Å²) in [5.41, 5.74) is 2.22. The molecule has 0 radical (unpaired) electrons. The van der Waals surface area contributed by atoms with E-state index in [-0.39, 0.29) is 17.3 Å². The summed E-state index contributed by atoms with van der Waals surface area (Å²) >= 11 is 0. The zero-order chi connectivity index (χ0) is 20.4. The molecule has 1 amide bonds. The Morgan fingerprint density at radius 2 is 1.97 bits per heavy atom. The molecule has 1 fully saturated rings. The number of sulfonamides is 1. The molecule has 0 saturated carbocycles. The molecule has 2 aromatic heterocycles. The van der Waals surface area contributed by atoms with Gasteiger partial charge in [-0.2, -0.15) is 9.40 Å². The van der Waals surface area contributed by atoms with E-state index < -0.39 is 10.0 Å². The minimum atomic E-state index is -3.50. The summed E-state index contributed by atoms with van der Waals surface area (Å²) in [6.45, 7) is 3.09. The summed E-state index contributed by atoms with van der Waals surface area (Å²) in [6.07, 6.45) is 6.20. The zero-order valence-electron chi connectivity index (χ0n) is 16.2. The smallest absolute Gasteiger partial charge is 0.257 e. The van der Waals surface area contributed by atoms with Gasteiger partial charge in [-0.15, -0.1) is 0 Å². The van der Waals surface area contributed by atoms with Crippen LogP contribution in [0.25, 0.3) is 5.65 Å². The Morgan fingerprint density at radius 3 is 2.76 bits per heavy atom. The Bertz CT molecular complexity index is 1150. The van der Waals surface area contributed by atoms with Gasteiger partial charge in [-0.1, -0.05) is 18.6 Å². The highest BCUT2D eigenvalue weighted by molar-refractivity contribution is 7.89. The molecule has 0 spiro atoms. The predicted octanol–water partition coefficient (Wildman–Crippen LogP) is 2.14. The summed E-state index contributed by atoms with van der Waals surface area (Å²) in [7, 11) is -3.50. The average Bonchev–Trinajstić information content (AvgIpc) is 3.08. The van der Waals surface area contributed by atoms with Crippen LogP contribution in [0.1, 0.15) is 40.9 Å². The second kappa shape index (κ2) is 7.92. The summed E-state index contributed by atoms with van der Waals surface area (Å²) < 4.78 is 28.9. The van der Waals surface area contributed by atoms with Gasteiger partial charge in [-0.3, -0.25) is 4.79 Å². The Morgan fingerprint density at radius 1 is 1.17 bits per heavy atom. The number of amides is 1. The molecular formula is C20H23N5O3S. The fraction of sp³-hybridized carbons (Fsp3) is 0.350. The normalized spacial score (nSPS) is 15.5. The first-order valence-corrected chi connectivity index (χ1v) is 11.1. The van der Waals surface area contributed by atoms with Crippen LogP contribution in [0.3, 0.4) is 0 Å². The summed E-state index contributed by atoms with van der Waals surface area (Å²) in [5, 5.41) is 7.15. The van der Waals surface area contributed by atoms with E-state index in [0.29, 0.717) is 30.0 Å². The van der Waals surface area contributed by atoms with Crippen LogP contribution in [0.2, 0.25) is 0 Å². The topological polar surface area (TPSA) is 96.7 Å². The van der Waals surface area contributed by atoms with Gasteiger partial charge in [-0.25, -0.2) is 17.9 Å². The van der Waals surface area contributed by atoms with Gasteiger partial charge in [0.1, 0.15) is 5.56 Å². The van der Waals surface area contributed by atoms with Crippen molar-refractivity contribution in [1.82, 2.24) is 24.2 Å². The predicted molar refractivity (Wildman–Crippen MR) is 108 cm³/mol. The molecule has 1 aliphatic rings. The number of hydrogen-bond acceptors (Lipinski definition) is 5. The second-order valence-electron chi connectivity index (χ2n) is 7.14. The average molecular weight is 414 g/mol. The summed E-state index contributed by atoms with van der Waals surface area (Å²) in [6, 6.07) is 8.49. The number of piperidine rings is 1. The van der Waals surface area contributed by atoms with Gasteiger partial charge in [0.05, 0.1) is 10.6 Å². The van der Waals surface area contributed by atoms with Gasteiger partial charge in [0.2, 0.25) is 10.0 Å². The fourth-order valence-corrected chi connectivity index (χ4v) is 5.19. The largest absolute Gasteiger partial charge is 0.348 e. The number of nitrogens with one attached hydrogen (secondary N) is 1. The minimum absolute atomic E-state index is 0.214. The molecule has 152 valence electrons. The lowest BCUT2D eigenvalue weighted by molar-refractivity contribution is 0.0951. The Kier molecular flexibility index (Phi) is 5.33. The van der Waals surface area contributed by atoms with Crippen molar-refractivity contribution in [2.24, 2.45) is 0 Å². The minimum Gasteiger partial charge on any atom is -0.348 e. The SMILES string of the molecule is Cc1nn2cccnc2c1C(=O)NCc1cccc(S(=O)(=O)N2CCCCC2)c1. The van der Waals surface area contributed by atoms with E-state index in [2.05, 4.69) is 15.4 Å². The first-order chi connectivity index (χ1) is 14.0. The van der Waals surface area contributed by atoms with Crippen LogP contribution >= 0.6 is 0 Å². The number of carbonyl (C=O) groups excluding carboxylic acids is 1. The van der Waals surface area contributed by atoms with Crippen LogP contribution in [0.5, 0.6) is 0 Å².